The molecule has 0 aliphatic carbocycles. The molecule has 0 amide bonds. The Bertz CT molecular complexity index is 4270. The largest absolute Gasteiger partial charge is 0.455 e. The van der Waals surface area contributed by atoms with Gasteiger partial charge in [0.05, 0.1) is 16.7 Å². The minimum Gasteiger partial charge on any atom is -0.455 e. The van der Waals surface area contributed by atoms with Crippen molar-refractivity contribution in [3.05, 3.63) is 254 Å². The molecule has 0 aliphatic rings. The molecule has 0 saturated carbocycles. The van der Waals surface area contributed by atoms with Crippen molar-refractivity contribution in [2.24, 2.45) is 0 Å². The molecule has 3 nitrogen and oxygen atoms in total. The summed E-state index contributed by atoms with van der Waals surface area (Å²) in [4.78, 5) is 2.45. The van der Waals surface area contributed by atoms with Gasteiger partial charge in [-0.1, -0.05) is 224 Å². The van der Waals surface area contributed by atoms with E-state index in [1.54, 1.807) is 0 Å². The molecule has 0 aliphatic heterocycles. The third-order valence-electron chi connectivity index (χ3n) is 15.3. The van der Waals surface area contributed by atoms with Crippen molar-refractivity contribution in [3.63, 3.8) is 0 Å². The van der Waals surface area contributed by atoms with E-state index in [0.29, 0.717) is 0 Å². The zero-order chi connectivity index (χ0) is 51.0. The smallest absolute Gasteiger partial charge is 0.143 e. The molecule has 0 fully saturated rings. The molecule has 11 aromatic carbocycles. The van der Waals surface area contributed by atoms with Crippen molar-refractivity contribution < 1.29 is 4.42 Å². The molecule has 0 atom stereocenters. The Labute approximate surface area is 439 Å². The van der Waals surface area contributed by atoms with Crippen LogP contribution in [0.3, 0.4) is 0 Å². The number of anilines is 3. The van der Waals surface area contributed by atoms with Crippen LogP contribution < -0.4 is 4.90 Å². The van der Waals surface area contributed by atoms with Crippen molar-refractivity contribution in [2.75, 3.05) is 4.90 Å². The predicted molar refractivity (Wildman–Crippen MR) is 319 cm³/mol. The first kappa shape index (κ1) is 45.9. The summed E-state index contributed by atoms with van der Waals surface area (Å²) in [5.74, 6) is 0. The van der Waals surface area contributed by atoms with E-state index in [9.17, 15) is 0 Å². The molecule has 13 aromatic rings. The van der Waals surface area contributed by atoms with Crippen LogP contribution in [-0.2, 0) is 10.8 Å². The van der Waals surface area contributed by atoms with Crippen LogP contribution in [0.1, 0.15) is 52.7 Å². The second kappa shape index (κ2) is 17.9. The molecule has 2 heterocycles. The van der Waals surface area contributed by atoms with Gasteiger partial charge >= 0.3 is 0 Å². The maximum Gasteiger partial charge on any atom is 0.143 e. The fourth-order valence-electron chi connectivity index (χ4n) is 11.5. The predicted octanol–water partition coefficient (Wildman–Crippen LogP) is 20.6. The van der Waals surface area contributed by atoms with Crippen molar-refractivity contribution in [3.8, 4) is 50.2 Å². The van der Waals surface area contributed by atoms with Gasteiger partial charge in [0, 0.05) is 49.7 Å². The maximum atomic E-state index is 6.65. The summed E-state index contributed by atoms with van der Waals surface area (Å²) in [6, 6.07) is 89.0. The van der Waals surface area contributed by atoms with Crippen molar-refractivity contribution in [2.45, 2.75) is 52.4 Å². The maximum absolute atomic E-state index is 6.65. The lowest BCUT2D eigenvalue weighted by Crippen LogP contribution is -2.16. The van der Waals surface area contributed by atoms with Crippen molar-refractivity contribution in [1.29, 1.82) is 0 Å². The van der Waals surface area contributed by atoms with Crippen LogP contribution >= 0.6 is 0 Å². The Balaban J connectivity index is 1.02. The van der Waals surface area contributed by atoms with Gasteiger partial charge in [0.15, 0.2) is 0 Å². The zero-order valence-electron chi connectivity index (χ0n) is 43.4. The van der Waals surface area contributed by atoms with Gasteiger partial charge in [0.2, 0.25) is 0 Å². The number of aromatic nitrogens is 1. The fraction of sp³-hybridized carbons (Fsp3) is 0.111. The monoisotopic (exact) mass is 966 g/mol. The van der Waals surface area contributed by atoms with E-state index in [4.69, 9.17) is 4.42 Å². The van der Waals surface area contributed by atoms with Crippen LogP contribution in [0.2, 0.25) is 0 Å². The highest BCUT2D eigenvalue weighted by Crippen LogP contribution is 2.48. The van der Waals surface area contributed by atoms with Crippen molar-refractivity contribution >= 4 is 71.6 Å². The Morgan fingerprint density at radius 3 is 1.69 bits per heavy atom. The van der Waals surface area contributed by atoms with Gasteiger partial charge in [0.25, 0.3) is 0 Å². The molecular weight excluding hydrogens is 909 g/mol. The molecule has 362 valence electrons. The number of fused-ring (bicyclic) bond motifs is 7. The Hall–Kier alpha value is -8.92. The zero-order valence-corrected chi connectivity index (χ0v) is 43.4. The molecular formula is C72H58N2O. The number of hydrogen-bond donors (Lipinski definition) is 0. The summed E-state index contributed by atoms with van der Waals surface area (Å²) >= 11 is 0. The Morgan fingerprint density at radius 1 is 0.360 bits per heavy atom. The SMILES string of the molecule is CC(C)(C)c1cc(-c2cccc3cccc(-c4ccccc4N(c4ccc(-c5cccc6c5c5ccccc5n6-c5ccccc5)cc4)c4cccc(-c5cccc6c5oc5ccccc56)c4)c23)cc(C(C)(C)C)c1. The molecule has 2 aromatic heterocycles. The standard InChI is InChI=1S/C72H58N2O/c1-71(2,3)51-43-50(44-52(46-51)72(4,5)6)57-30-17-21-48-22-18-33-61(68(48)57)59-27-10-13-35-64(59)73(55-26-16-23-49(45-55)58-32-19-34-62-60-28-12-15-38-67(60)75-70(58)62)54-41-39-47(40-42-54)56-31-20-37-66-69(56)63-29-11-14-36-65(63)74(66)53-24-8-7-9-25-53/h7-46H,1-6H3. The summed E-state index contributed by atoms with van der Waals surface area (Å²) in [6.07, 6.45) is 0. The molecule has 75 heavy (non-hydrogen) atoms. The van der Waals surface area contributed by atoms with Crippen LogP contribution in [-0.4, -0.2) is 4.57 Å². The van der Waals surface area contributed by atoms with Gasteiger partial charge in [-0.05, 0) is 127 Å². The Kier molecular flexibility index (Phi) is 11.0. The quantitative estimate of drug-likeness (QED) is 0.151. The van der Waals surface area contributed by atoms with Crippen LogP contribution in [0.25, 0.3) is 105 Å². The number of hydrogen-bond acceptors (Lipinski definition) is 2. The molecule has 0 bridgehead atoms. The minimum absolute atomic E-state index is 0.0237. The fourth-order valence-corrected chi connectivity index (χ4v) is 11.5. The molecule has 3 heteroatoms. The number of nitrogens with zero attached hydrogens (tertiary/aromatic N) is 2. The van der Waals surface area contributed by atoms with Crippen LogP contribution in [0, 0.1) is 0 Å². The van der Waals surface area contributed by atoms with Gasteiger partial charge in [-0.3, -0.25) is 0 Å². The van der Waals surface area contributed by atoms with Gasteiger partial charge in [-0.15, -0.1) is 0 Å². The summed E-state index contributed by atoms with van der Waals surface area (Å²) in [6.45, 7) is 13.9. The van der Waals surface area contributed by atoms with Crippen LogP contribution in [0.4, 0.5) is 17.1 Å². The van der Waals surface area contributed by atoms with E-state index in [0.717, 1.165) is 66.9 Å². The molecule has 0 spiro atoms. The highest BCUT2D eigenvalue weighted by molar-refractivity contribution is 6.16. The first-order valence-corrected chi connectivity index (χ1v) is 26.2. The second-order valence-electron chi connectivity index (χ2n) is 22.1. The number of benzene rings is 11. The normalized spacial score (nSPS) is 12.1. The highest BCUT2D eigenvalue weighted by Gasteiger charge is 2.25. The Morgan fingerprint density at radius 2 is 0.933 bits per heavy atom. The van der Waals surface area contributed by atoms with E-state index >= 15 is 0 Å². The number of para-hydroxylation sites is 5. The van der Waals surface area contributed by atoms with Crippen LogP contribution in [0.15, 0.2) is 247 Å². The van der Waals surface area contributed by atoms with E-state index in [1.165, 1.54) is 66.0 Å². The second-order valence-corrected chi connectivity index (χ2v) is 22.1. The summed E-state index contributed by atoms with van der Waals surface area (Å²) in [7, 11) is 0. The third-order valence-corrected chi connectivity index (χ3v) is 15.3. The molecule has 0 N–H and O–H groups in total. The first-order valence-electron chi connectivity index (χ1n) is 26.2. The lowest BCUT2D eigenvalue weighted by atomic mass is 9.78. The molecule has 0 radical (unpaired) electrons. The van der Waals surface area contributed by atoms with Gasteiger partial charge < -0.3 is 13.9 Å². The molecule has 0 saturated heterocycles. The van der Waals surface area contributed by atoms with Crippen molar-refractivity contribution in [1.82, 2.24) is 4.57 Å². The van der Waals surface area contributed by atoms with E-state index in [1.807, 2.05) is 6.07 Å². The lowest BCUT2D eigenvalue weighted by molar-refractivity contribution is 0.569. The molecule has 13 rings (SSSR count). The average molecular weight is 967 g/mol. The first-order chi connectivity index (χ1) is 36.5. The number of rotatable bonds is 8. The van der Waals surface area contributed by atoms with E-state index in [-0.39, 0.29) is 10.8 Å². The summed E-state index contributed by atoms with van der Waals surface area (Å²) in [5, 5.41) is 7.16. The third kappa shape index (κ3) is 7.99. The van der Waals surface area contributed by atoms with Gasteiger partial charge in [-0.25, -0.2) is 0 Å². The average Bonchev–Trinajstić information content (AvgIpc) is 4.00. The molecule has 0 unspecified atom stereocenters. The van der Waals surface area contributed by atoms with E-state index < -0.39 is 0 Å². The number of furan rings is 1. The van der Waals surface area contributed by atoms with Gasteiger partial charge in [0.1, 0.15) is 11.2 Å². The minimum atomic E-state index is -0.0237. The lowest BCUT2D eigenvalue weighted by Gasteiger charge is -2.29. The van der Waals surface area contributed by atoms with Gasteiger partial charge in [-0.2, -0.15) is 0 Å². The van der Waals surface area contributed by atoms with E-state index in [2.05, 4.69) is 288 Å². The van der Waals surface area contributed by atoms with Crippen LogP contribution in [0.5, 0.6) is 0 Å². The summed E-state index contributed by atoms with van der Waals surface area (Å²) < 4.78 is 9.04. The topological polar surface area (TPSA) is 21.3 Å². The summed E-state index contributed by atoms with van der Waals surface area (Å²) in [5.41, 5.74) is 20.4. The highest BCUT2D eigenvalue weighted by atomic mass is 16.3.